The highest BCUT2D eigenvalue weighted by Crippen LogP contribution is 2.69. The molecule has 27 heavy (non-hydrogen) atoms. The van der Waals surface area contributed by atoms with E-state index in [1.165, 1.54) is 18.4 Å². The van der Waals surface area contributed by atoms with Gasteiger partial charge in [0.05, 0.1) is 11.0 Å². The Labute approximate surface area is 159 Å². The number of benzene rings is 1. The Morgan fingerprint density at radius 3 is 2.89 bits per heavy atom. The number of ether oxygens (including phenoxy) is 2. The number of nitrogens with zero attached hydrogens (tertiary/aromatic N) is 1. The summed E-state index contributed by atoms with van der Waals surface area (Å²) in [5.41, 5.74) is 0.383. The Balaban J connectivity index is 1.63. The molecule has 3 aliphatic carbocycles. The third-order valence-corrected chi connectivity index (χ3v) is 8.47. The van der Waals surface area contributed by atoms with Gasteiger partial charge in [0.25, 0.3) is 0 Å². The van der Waals surface area contributed by atoms with E-state index in [-0.39, 0.29) is 17.6 Å². The molecule has 5 heteroatoms. The minimum Gasteiger partial charge on any atom is -0.504 e. The minimum atomic E-state index is -0.957. The monoisotopic (exact) mass is 369 g/mol. The molecule has 0 radical (unpaired) electrons. The molecule has 2 bridgehead atoms. The number of carbonyl (C=O) groups excluding carboxylic acids is 1. The summed E-state index contributed by atoms with van der Waals surface area (Å²) in [7, 11) is 1.82. The summed E-state index contributed by atoms with van der Waals surface area (Å²) in [5.74, 6) is 1.64. The number of rotatable bonds is 3. The van der Waals surface area contributed by atoms with Gasteiger partial charge in [0.15, 0.2) is 22.9 Å². The summed E-state index contributed by atoms with van der Waals surface area (Å²) in [5, 5.41) is 10.6. The van der Waals surface area contributed by atoms with Gasteiger partial charge in [0.1, 0.15) is 0 Å². The second-order valence-corrected chi connectivity index (χ2v) is 9.41. The van der Waals surface area contributed by atoms with Crippen LogP contribution < -0.4 is 4.74 Å². The highest BCUT2D eigenvalue weighted by Gasteiger charge is 2.78. The van der Waals surface area contributed by atoms with Gasteiger partial charge in [-0.15, -0.1) is 0 Å². The standard InChI is InChI=1S/C22H27NO4/c1-20-17(25)7-8-22(26-2)16-11-14-5-6-15(24)19(27-20)18(14)21(20,22)9-10-23(16)12-13-3-4-13/h5-6,13,16,24H,3-4,7-12H2,1-2H3/t16-,20+,21+,22-/m1/s1. The lowest BCUT2D eigenvalue weighted by atomic mass is 9.45. The molecule has 1 aromatic carbocycles. The zero-order valence-electron chi connectivity index (χ0n) is 16.1. The molecule has 6 rings (SSSR count). The van der Waals surface area contributed by atoms with E-state index in [0.717, 1.165) is 43.8 Å². The van der Waals surface area contributed by atoms with E-state index >= 15 is 0 Å². The van der Waals surface area contributed by atoms with Crippen molar-refractivity contribution in [3.63, 3.8) is 0 Å². The summed E-state index contributed by atoms with van der Waals surface area (Å²) in [4.78, 5) is 15.8. The van der Waals surface area contributed by atoms with Crippen molar-refractivity contribution in [2.75, 3.05) is 20.2 Å². The van der Waals surface area contributed by atoms with Crippen molar-refractivity contribution >= 4 is 5.78 Å². The van der Waals surface area contributed by atoms with Crippen LogP contribution in [0, 0.1) is 5.92 Å². The van der Waals surface area contributed by atoms with Crippen LogP contribution in [-0.2, 0) is 21.4 Å². The number of Topliss-reactive ketones (excluding diaryl/α,β-unsaturated/α-hetero) is 1. The summed E-state index contributed by atoms with van der Waals surface area (Å²) >= 11 is 0. The molecule has 0 amide bonds. The van der Waals surface area contributed by atoms with Crippen LogP contribution in [0.4, 0.5) is 0 Å². The first-order chi connectivity index (χ1) is 13.0. The molecule has 1 aromatic rings. The molecule has 4 atom stereocenters. The van der Waals surface area contributed by atoms with E-state index in [0.29, 0.717) is 12.2 Å². The quantitative estimate of drug-likeness (QED) is 0.887. The van der Waals surface area contributed by atoms with Crippen molar-refractivity contribution in [1.29, 1.82) is 0 Å². The van der Waals surface area contributed by atoms with Gasteiger partial charge in [0.2, 0.25) is 0 Å². The first-order valence-electron chi connectivity index (χ1n) is 10.3. The Morgan fingerprint density at radius 2 is 2.15 bits per heavy atom. The SMILES string of the molecule is CO[C@@]12CCC(=O)[C@]3(C)Oc4c(O)ccc5c4[C@@]31CCN(CC1CC1)[C@@H]2C5. The maximum Gasteiger partial charge on any atom is 0.177 e. The van der Waals surface area contributed by atoms with E-state index in [2.05, 4.69) is 4.90 Å². The summed E-state index contributed by atoms with van der Waals surface area (Å²) in [6.45, 7) is 4.05. The Bertz CT molecular complexity index is 864. The van der Waals surface area contributed by atoms with Crippen molar-refractivity contribution in [3.8, 4) is 11.5 Å². The van der Waals surface area contributed by atoms with Crippen molar-refractivity contribution in [1.82, 2.24) is 4.90 Å². The van der Waals surface area contributed by atoms with E-state index in [1.807, 2.05) is 20.1 Å². The normalized spacial score (nSPS) is 42.0. The first-order valence-corrected chi connectivity index (χ1v) is 10.3. The van der Waals surface area contributed by atoms with Crippen LogP contribution in [0.15, 0.2) is 12.1 Å². The highest BCUT2D eigenvalue weighted by atomic mass is 16.5. The van der Waals surface area contributed by atoms with Crippen LogP contribution in [0.25, 0.3) is 0 Å². The second-order valence-electron chi connectivity index (χ2n) is 9.41. The zero-order chi connectivity index (χ0) is 18.6. The van der Waals surface area contributed by atoms with Crippen LogP contribution in [0.1, 0.15) is 50.2 Å². The molecule has 2 heterocycles. The van der Waals surface area contributed by atoms with E-state index in [1.54, 1.807) is 6.07 Å². The van der Waals surface area contributed by atoms with E-state index in [4.69, 9.17) is 9.47 Å². The fraction of sp³-hybridized carbons (Fsp3) is 0.682. The number of ketones is 1. The Morgan fingerprint density at radius 1 is 1.33 bits per heavy atom. The number of methoxy groups -OCH3 is 1. The Kier molecular flexibility index (Phi) is 2.95. The zero-order valence-corrected chi connectivity index (χ0v) is 16.1. The maximum absolute atomic E-state index is 13.2. The molecule has 1 spiro atoms. The maximum atomic E-state index is 13.2. The average molecular weight is 369 g/mol. The lowest BCUT2D eigenvalue weighted by molar-refractivity contribution is -0.221. The molecule has 0 unspecified atom stereocenters. The fourth-order valence-corrected chi connectivity index (χ4v) is 7.10. The van der Waals surface area contributed by atoms with Gasteiger partial charge in [0, 0.05) is 31.7 Å². The first kappa shape index (κ1) is 16.4. The molecule has 5 nitrogen and oxygen atoms in total. The third kappa shape index (κ3) is 1.64. The lowest BCUT2D eigenvalue weighted by Crippen LogP contribution is -2.80. The molecule has 2 aliphatic heterocycles. The number of phenolic OH excluding ortho intramolecular Hbond substituents is 1. The molecule has 2 saturated carbocycles. The van der Waals surface area contributed by atoms with Crippen LogP contribution in [-0.4, -0.2) is 53.2 Å². The number of phenols is 1. The van der Waals surface area contributed by atoms with Crippen molar-refractivity contribution in [2.24, 2.45) is 5.92 Å². The molecule has 144 valence electrons. The average Bonchev–Trinajstić information content (AvgIpc) is 3.42. The molecule has 3 fully saturated rings. The minimum absolute atomic E-state index is 0.146. The van der Waals surface area contributed by atoms with Crippen molar-refractivity contribution in [2.45, 2.75) is 68.1 Å². The van der Waals surface area contributed by atoms with Crippen LogP contribution in [0.5, 0.6) is 11.5 Å². The second kappa shape index (κ2) is 4.87. The number of likely N-dealkylation sites (tertiary alicyclic amines) is 1. The number of piperidine rings is 1. The lowest BCUT2D eigenvalue weighted by Gasteiger charge is -2.66. The Hall–Kier alpha value is -1.59. The number of aromatic hydroxyl groups is 1. The van der Waals surface area contributed by atoms with Crippen molar-refractivity contribution in [3.05, 3.63) is 23.3 Å². The molecule has 0 aromatic heterocycles. The number of carbonyl (C=O) groups is 1. The van der Waals surface area contributed by atoms with Crippen LogP contribution in [0.2, 0.25) is 0 Å². The summed E-state index contributed by atoms with van der Waals surface area (Å²) in [6.07, 6.45) is 5.63. The fourth-order valence-electron chi connectivity index (χ4n) is 7.10. The number of hydrogen-bond donors (Lipinski definition) is 1. The largest absolute Gasteiger partial charge is 0.504 e. The van der Waals surface area contributed by atoms with E-state index in [9.17, 15) is 9.90 Å². The smallest absolute Gasteiger partial charge is 0.177 e. The van der Waals surface area contributed by atoms with Gasteiger partial charge in [-0.1, -0.05) is 6.07 Å². The van der Waals surface area contributed by atoms with Crippen LogP contribution in [0.3, 0.4) is 0 Å². The molecule has 5 aliphatic rings. The van der Waals surface area contributed by atoms with Crippen molar-refractivity contribution < 1.29 is 19.4 Å². The van der Waals surface area contributed by atoms with Gasteiger partial charge in [-0.05, 0) is 63.1 Å². The molecule has 1 saturated heterocycles. The van der Waals surface area contributed by atoms with Gasteiger partial charge in [-0.3, -0.25) is 9.69 Å². The van der Waals surface area contributed by atoms with Gasteiger partial charge < -0.3 is 14.6 Å². The van der Waals surface area contributed by atoms with Crippen LogP contribution >= 0.6 is 0 Å². The molecular formula is C22H27NO4. The molecular weight excluding hydrogens is 342 g/mol. The van der Waals surface area contributed by atoms with E-state index < -0.39 is 16.6 Å². The van der Waals surface area contributed by atoms with Gasteiger partial charge in [-0.2, -0.15) is 0 Å². The summed E-state index contributed by atoms with van der Waals surface area (Å²) < 4.78 is 12.8. The van der Waals surface area contributed by atoms with Gasteiger partial charge >= 0.3 is 0 Å². The topological polar surface area (TPSA) is 59.0 Å². The number of hydrogen-bond acceptors (Lipinski definition) is 5. The predicted molar refractivity (Wildman–Crippen MR) is 99.2 cm³/mol. The predicted octanol–water partition coefficient (Wildman–Crippen LogP) is 2.57. The molecule has 1 N–H and O–H groups in total. The van der Waals surface area contributed by atoms with Gasteiger partial charge in [-0.25, -0.2) is 0 Å². The highest BCUT2D eigenvalue weighted by molar-refractivity contribution is 5.94. The third-order valence-electron chi connectivity index (χ3n) is 8.47. The summed E-state index contributed by atoms with van der Waals surface area (Å²) in [6, 6.07) is 4.03.